The first-order valence-corrected chi connectivity index (χ1v) is 22.3. The lowest BCUT2D eigenvalue weighted by atomic mass is 9.49. The molecule has 2 nitrogen and oxygen atoms in total. The minimum absolute atomic E-state index is 0.104. The zero-order valence-electron chi connectivity index (χ0n) is 34.9. The van der Waals surface area contributed by atoms with E-state index in [4.69, 9.17) is 4.42 Å². The van der Waals surface area contributed by atoms with Crippen LogP contribution in [0.4, 0.5) is 17.1 Å². The Labute approximate surface area is 359 Å². The molecular formula is C59H49NO. The largest absolute Gasteiger partial charge is 0.456 e. The third kappa shape index (κ3) is 5.83. The zero-order chi connectivity index (χ0) is 40.7. The summed E-state index contributed by atoms with van der Waals surface area (Å²) in [4.78, 5) is 2.36. The standard InChI is InChI=1S/C59H49NO/c1-38-31-40-33-39(2)59(47(32-38)34-40)55-16-10-9-15-51(55)52-35-45(21-28-56(52)59)46-22-29-57-53(36-46)54-37-50(27-30-58(54)61-57)60(48-23-17-43(18-24-48)41-11-5-3-6-12-41)49-25-19-44(20-26-49)42-13-7-4-8-14-42/h3-30,35-40,47H,31-34H2,1-2H3. The fraction of sp³-hybridized carbons (Fsp3) is 0.186. The molecule has 2 heteroatoms. The van der Waals surface area contributed by atoms with E-state index in [1.807, 2.05) is 0 Å². The predicted molar refractivity (Wildman–Crippen MR) is 255 cm³/mol. The van der Waals surface area contributed by atoms with Crippen LogP contribution in [-0.2, 0) is 5.41 Å². The van der Waals surface area contributed by atoms with E-state index in [9.17, 15) is 0 Å². The van der Waals surface area contributed by atoms with Crippen LogP contribution in [0.3, 0.4) is 0 Å². The van der Waals surface area contributed by atoms with Gasteiger partial charge in [0, 0.05) is 33.2 Å². The topological polar surface area (TPSA) is 16.4 Å². The maximum absolute atomic E-state index is 6.55. The predicted octanol–water partition coefficient (Wildman–Crippen LogP) is 16.4. The van der Waals surface area contributed by atoms with Crippen LogP contribution in [0.5, 0.6) is 0 Å². The maximum atomic E-state index is 6.55. The fourth-order valence-corrected chi connectivity index (χ4v) is 12.3. The van der Waals surface area contributed by atoms with Gasteiger partial charge in [-0.05, 0) is 166 Å². The number of furan rings is 1. The van der Waals surface area contributed by atoms with Crippen molar-refractivity contribution >= 4 is 39.0 Å². The van der Waals surface area contributed by atoms with Gasteiger partial charge in [-0.2, -0.15) is 0 Å². The molecule has 1 heterocycles. The zero-order valence-corrected chi connectivity index (χ0v) is 34.9. The first kappa shape index (κ1) is 36.2. The summed E-state index contributed by atoms with van der Waals surface area (Å²) in [5, 5.41) is 2.25. The van der Waals surface area contributed by atoms with Crippen molar-refractivity contribution in [2.24, 2.45) is 23.7 Å². The Morgan fingerprint density at radius 1 is 0.426 bits per heavy atom. The van der Waals surface area contributed by atoms with E-state index in [-0.39, 0.29) is 5.41 Å². The number of nitrogens with zero attached hydrogens (tertiary/aromatic N) is 1. The number of hydrogen-bond acceptors (Lipinski definition) is 2. The first-order valence-electron chi connectivity index (χ1n) is 22.3. The Bertz CT molecular complexity index is 2980. The molecule has 1 aromatic heterocycles. The van der Waals surface area contributed by atoms with Gasteiger partial charge in [-0.1, -0.05) is 141 Å². The average molecular weight is 788 g/mol. The van der Waals surface area contributed by atoms with Crippen molar-refractivity contribution in [2.75, 3.05) is 4.90 Å². The summed E-state index contributed by atoms with van der Waals surface area (Å²) >= 11 is 0. The molecular weight excluding hydrogens is 739 g/mol. The van der Waals surface area contributed by atoms with Crippen LogP contribution in [0.25, 0.3) is 66.4 Å². The second-order valence-corrected chi connectivity index (χ2v) is 18.3. The number of rotatable bonds is 6. The smallest absolute Gasteiger partial charge is 0.135 e. The molecule has 0 aliphatic heterocycles. The minimum Gasteiger partial charge on any atom is -0.456 e. The molecule has 2 bridgehead atoms. The summed E-state index contributed by atoms with van der Waals surface area (Å²) in [6, 6.07) is 69.3. The Morgan fingerprint density at radius 2 is 0.951 bits per heavy atom. The van der Waals surface area contributed by atoms with E-state index < -0.39 is 0 Å². The van der Waals surface area contributed by atoms with Gasteiger partial charge in [0.15, 0.2) is 0 Å². The van der Waals surface area contributed by atoms with E-state index in [0.29, 0.717) is 11.8 Å². The third-order valence-corrected chi connectivity index (χ3v) is 14.8. The van der Waals surface area contributed by atoms with Gasteiger partial charge in [0.1, 0.15) is 11.2 Å². The van der Waals surface area contributed by atoms with Gasteiger partial charge >= 0.3 is 0 Å². The first-order chi connectivity index (χ1) is 30.0. The molecule has 1 spiro atoms. The van der Waals surface area contributed by atoms with Crippen LogP contribution in [0.1, 0.15) is 50.7 Å². The quantitative estimate of drug-likeness (QED) is 0.167. The molecule has 0 saturated heterocycles. The Balaban J connectivity index is 0.955. The van der Waals surface area contributed by atoms with Gasteiger partial charge in [0.2, 0.25) is 0 Å². The lowest BCUT2D eigenvalue weighted by Crippen LogP contribution is -2.49. The van der Waals surface area contributed by atoms with Crippen molar-refractivity contribution in [1.29, 1.82) is 0 Å². The van der Waals surface area contributed by atoms with Gasteiger partial charge in [0.25, 0.3) is 0 Å². The number of benzene rings is 8. The van der Waals surface area contributed by atoms with Gasteiger partial charge in [-0.15, -0.1) is 0 Å². The summed E-state index contributed by atoms with van der Waals surface area (Å²) in [5.41, 5.74) is 18.5. The molecule has 8 aromatic carbocycles. The summed E-state index contributed by atoms with van der Waals surface area (Å²) in [6.45, 7) is 5.05. The summed E-state index contributed by atoms with van der Waals surface area (Å²) in [7, 11) is 0. The van der Waals surface area contributed by atoms with Crippen LogP contribution >= 0.6 is 0 Å². The summed E-state index contributed by atoms with van der Waals surface area (Å²) in [5.74, 6) is 3.00. The Kier molecular flexibility index (Phi) is 8.46. The molecule has 2 saturated carbocycles. The van der Waals surface area contributed by atoms with E-state index in [0.717, 1.165) is 50.8 Å². The van der Waals surface area contributed by atoms with Crippen LogP contribution in [0.2, 0.25) is 0 Å². The maximum Gasteiger partial charge on any atom is 0.135 e. The van der Waals surface area contributed by atoms with Gasteiger partial charge < -0.3 is 9.32 Å². The van der Waals surface area contributed by atoms with Gasteiger partial charge in [-0.25, -0.2) is 0 Å². The monoisotopic (exact) mass is 787 g/mol. The second-order valence-electron chi connectivity index (χ2n) is 18.3. The van der Waals surface area contributed by atoms with E-state index >= 15 is 0 Å². The molecule has 5 unspecified atom stereocenters. The average Bonchev–Trinajstić information content (AvgIpc) is 3.82. The number of hydrogen-bond donors (Lipinski definition) is 0. The number of anilines is 3. The van der Waals surface area contributed by atoms with Gasteiger partial charge in [0.05, 0.1) is 0 Å². The lowest BCUT2D eigenvalue weighted by Gasteiger charge is -2.54. The van der Waals surface area contributed by atoms with Crippen LogP contribution in [0, 0.1) is 23.7 Å². The normalized spacial score (nSPS) is 21.4. The summed E-state index contributed by atoms with van der Waals surface area (Å²) in [6.07, 6.45) is 5.43. The van der Waals surface area contributed by atoms with Crippen molar-refractivity contribution < 1.29 is 4.42 Å². The molecule has 296 valence electrons. The summed E-state index contributed by atoms with van der Waals surface area (Å²) < 4.78 is 6.55. The molecule has 0 radical (unpaired) electrons. The van der Waals surface area contributed by atoms with Crippen molar-refractivity contribution in [3.05, 3.63) is 199 Å². The molecule has 61 heavy (non-hydrogen) atoms. The Hall–Kier alpha value is -6.64. The highest BCUT2D eigenvalue weighted by atomic mass is 16.3. The molecule has 3 aliphatic rings. The molecule has 9 aromatic rings. The molecule has 3 aliphatic carbocycles. The second kappa shape index (κ2) is 14.2. The van der Waals surface area contributed by atoms with Crippen LogP contribution in [0.15, 0.2) is 192 Å². The SMILES string of the molecule is CC1CC2CC(C)C3(c4ccccc4-c4cc(-c5ccc6oc7ccc(N(c8ccc(-c9ccccc9)cc8)c8ccc(-c9ccccc9)cc8)cc7c6c5)ccc43)C(C1)C2. The third-order valence-electron chi connectivity index (χ3n) is 14.8. The fourth-order valence-electron chi connectivity index (χ4n) is 12.3. The van der Waals surface area contributed by atoms with Gasteiger partial charge in [-0.3, -0.25) is 0 Å². The van der Waals surface area contributed by atoms with Crippen LogP contribution in [-0.4, -0.2) is 0 Å². The van der Waals surface area contributed by atoms with Crippen molar-refractivity contribution in [3.63, 3.8) is 0 Å². The molecule has 12 rings (SSSR count). The Morgan fingerprint density at radius 3 is 1.64 bits per heavy atom. The van der Waals surface area contributed by atoms with Crippen LogP contribution < -0.4 is 4.90 Å². The molecule has 5 atom stereocenters. The highest BCUT2D eigenvalue weighted by Gasteiger charge is 2.56. The van der Waals surface area contributed by atoms with Crippen molar-refractivity contribution in [1.82, 2.24) is 0 Å². The van der Waals surface area contributed by atoms with E-state index in [1.165, 1.54) is 70.2 Å². The molecule has 2 fully saturated rings. The molecule has 0 N–H and O–H groups in total. The van der Waals surface area contributed by atoms with Crippen molar-refractivity contribution in [3.8, 4) is 44.5 Å². The highest BCUT2D eigenvalue weighted by molar-refractivity contribution is 6.08. The number of fused-ring (bicyclic) bond motifs is 11. The van der Waals surface area contributed by atoms with E-state index in [1.54, 1.807) is 11.1 Å². The minimum atomic E-state index is 0.104. The van der Waals surface area contributed by atoms with E-state index in [2.05, 4.69) is 207 Å². The highest BCUT2D eigenvalue weighted by Crippen LogP contribution is 2.64. The molecule has 0 amide bonds. The van der Waals surface area contributed by atoms with Crippen molar-refractivity contribution in [2.45, 2.75) is 44.9 Å². The lowest BCUT2D eigenvalue weighted by molar-refractivity contribution is 0.0426.